The van der Waals surface area contributed by atoms with Crippen LogP contribution in [0.2, 0.25) is 0 Å². The molecule has 1 saturated carbocycles. The third-order valence-corrected chi connectivity index (χ3v) is 3.66. The van der Waals surface area contributed by atoms with Gasteiger partial charge in [-0.1, -0.05) is 22.0 Å². The van der Waals surface area contributed by atoms with Crippen LogP contribution in [-0.2, 0) is 5.33 Å². The van der Waals surface area contributed by atoms with Crippen LogP contribution in [-0.4, -0.2) is 14.8 Å². The van der Waals surface area contributed by atoms with Gasteiger partial charge in [-0.15, -0.1) is 10.2 Å². The van der Waals surface area contributed by atoms with Crippen LogP contribution in [0.25, 0.3) is 11.4 Å². The minimum absolute atomic E-state index is 0.231. The lowest BCUT2D eigenvalue weighted by molar-refractivity contribution is 0.624. The van der Waals surface area contributed by atoms with Crippen molar-refractivity contribution in [2.75, 3.05) is 0 Å². The number of aryl methyl sites for hydroxylation is 1. The van der Waals surface area contributed by atoms with Crippen molar-refractivity contribution in [3.8, 4) is 11.4 Å². The van der Waals surface area contributed by atoms with Crippen LogP contribution in [0.4, 0.5) is 4.39 Å². The Morgan fingerprint density at radius 3 is 2.78 bits per heavy atom. The van der Waals surface area contributed by atoms with Crippen LogP contribution in [0.15, 0.2) is 18.2 Å². The molecule has 1 aliphatic carbocycles. The van der Waals surface area contributed by atoms with E-state index in [0.29, 0.717) is 22.8 Å². The Kier molecular flexibility index (Phi) is 2.93. The van der Waals surface area contributed by atoms with Gasteiger partial charge >= 0.3 is 0 Å². The number of hydrogen-bond donors (Lipinski definition) is 0. The van der Waals surface area contributed by atoms with E-state index < -0.39 is 0 Å². The molecule has 0 unspecified atom stereocenters. The number of halogens is 2. The second-order valence-corrected chi connectivity index (χ2v) is 5.22. The van der Waals surface area contributed by atoms with Gasteiger partial charge < -0.3 is 4.57 Å². The van der Waals surface area contributed by atoms with Crippen molar-refractivity contribution in [3.05, 3.63) is 35.4 Å². The molecule has 1 aliphatic rings. The van der Waals surface area contributed by atoms with Crippen molar-refractivity contribution in [1.29, 1.82) is 0 Å². The summed E-state index contributed by atoms with van der Waals surface area (Å²) in [5.41, 5.74) is 1.45. The number of alkyl halides is 1. The zero-order valence-electron chi connectivity index (χ0n) is 10.0. The molecule has 94 valence electrons. The highest BCUT2D eigenvalue weighted by molar-refractivity contribution is 9.08. The second kappa shape index (κ2) is 4.46. The highest BCUT2D eigenvalue weighted by Crippen LogP contribution is 2.39. The van der Waals surface area contributed by atoms with E-state index in [1.165, 1.54) is 6.07 Å². The first-order valence-corrected chi connectivity index (χ1v) is 7.09. The van der Waals surface area contributed by atoms with Gasteiger partial charge in [-0.05, 0) is 37.5 Å². The molecule has 0 radical (unpaired) electrons. The molecule has 0 amide bonds. The van der Waals surface area contributed by atoms with Crippen molar-refractivity contribution in [3.63, 3.8) is 0 Å². The van der Waals surface area contributed by atoms with Crippen molar-refractivity contribution in [2.24, 2.45) is 0 Å². The Hall–Kier alpha value is -1.23. The lowest BCUT2D eigenvalue weighted by atomic mass is 10.1. The minimum Gasteiger partial charge on any atom is -0.307 e. The van der Waals surface area contributed by atoms with Gasteiger partial charge in [-0.2, -0.15) is 0 Å². The smallest absolute Gasteiger partial charge is 0.167 e. The molecular weight excluding hydrogens is 297 g/mol. The van der Waals surface area contributed by atoms with Gasteiger partial charge in [0.1, 0.15) is 11.6 Å². The van der Waals surface area contributed by atoms with E-state index in [9.17, 15) is 4.39 Å². The van der Waals surface area contributed by atoms with Crippen LogP contribution >= 0.6 is 15.9 Å². The van der Waals surface area contributed by atoms with Gasteiger partial charge in [0.05, 0.1) is 10.9 Å². The molecule has 0 aliphatic heterocycles. The summed E-state index contributed by atoms with van der Waals surface area (Å²) >= 11 is 3.40. The third kappa shape index (κ3) is 1.96. The van der Waals surface area contributed by atoms with Gasteiger partial charge in [-0.25, -0.2) is 4.39 Å². The largest absolute Gasteiger partial charge is 0.307 e. The fraction of sp³-hybridized carbons (Fsp3) is 0.385. The lowest BCUT2D eigenvalue weighted by Crippen LogP contribution is -2.02. The Labute approximate surface area is 113 Å². The number of benzene rings is 1. The molecule has 3 rings (SSSR count). The molecule has 1 heterocycles. The van der Waals surface area contributed by atoms with Crippen LogP contribution in [0.1, 0.15) is 30.3 Å². The Morgan fingerprint density at radius 1 is 1.39 bits per heavy atom. The molecule has 0 atom stereocenters. The summed E-state index contributed by atoms with van der Waals surface area (Å²) in [6.07, 6.45) is 2.25. The molecule has 1 aromatic carbocycles. The summed E-state index contributed by atoms with van der Waals surface area (Å²) in [6, 6.07) is 5.65. The van der Waals surface area contributed by atoms with Crippen LogP contribution in [0.3, 0.4) is 0 Å². The highest BCUT2D eigenvalue weighted by atomic mass is 79.9. The molecule has 2 aromatic rings. The Morgan fingerprint density at radius 2 is 2.17 bits per heavy atom. The quantitative estimate of drug-likeness (QED) is 0.811. The van der Waals surface area contributed by atoms with E-state index >= 15 is 0 Å². The summed E-state index contributed by atoms with van der Waals surface area (Å²) in [7, 11) is 0. The van der Waals surface area contributed by atoms with E-state index in [0.717, 1.165) is 24.2 Å². The first-order valence-electron chi connectivity index (χ1n) is 5.97. The maximum atomic E-state index is 14.0. The maximum Gasteiger partial charge on any atom is 0.167 e. The standard InChI is InChI=1S/C13H13BrFN3/c1-8-2-5-10(11(15)6-8)13-17-16-12(7-14)18(13)9-3-4-9/h2,5-6,9H,3-4,7H2,1H3. The second-order valence-electron chi connectivity index (χ2n) is 4.66. The van der Waals surface area contributed by atoms with E-state index in [2.05, 4.69) is 30.7 Å². The van der Waals surface area contributed by atoms with Crippen LogP contribution in [0.5, 0.6) is 0 Å². The maximum absolute atomic E-state index is 14.0. The fourth-order valence-corrected chi connectivity index (χ4v) is 2.50. The summed E-state index contributed by atoms with van der Waals surface area (Å²) in [6.45, 7) is 1.88. The fourth-order valence-electron chi connectivity index (χ4n) is 2.12. The minimum atomic E-state index is -0.231. The van der Waals surface area contributed by atoms with Crippen molar-refractivity contribution in [1.82, 2.24) is 14.8 Å². The first kappa shape index (κ1) is 11.8. The molecular formula is C13H13BrFN3. The summed E-state index contributed by atoms with van der Waals surface area (Å²) < 4.78 is 16.1. The molecule has 0 spiro atoms. The van der Waals surface area contributed by atoms with Gasteiger partial charge in [0.25, 0.3) is 0 Å². The van der Waals surface area contributed by atoms with Gasteiger partial charge in [0, 0.05) is 6.04 Å². The van der Waals surface area contributed by atoms with E-state index in [-0.39, 0.29) is 5.82 Å². The zero-order chi connectivity index (χ0) is 12.7. The molecule has 3 nitrogen and oxygen atoms in total. The molecule has 1 aromatic heterocycles. The average Bonchev–Trinajstić information content (AvgIpc) is 3.09. The topological polar surface area (TPSA) is 30.7 Å². The predicted octanol–water partition coefficient (Wildman–Crippen LogP) is 3.62. The molecule has 0 N–H and O–H groups in total. The molecule has 0 bridgehead atoms. The third-order valence-electron chi connectivity index (χ3n) is 3.16. The van der Waals surface area contributed by atoms with Gasteiger partial charge in [0.2, 0.25) is 0 Å². The highest BCUT2D eigenvalue weighted by Gasteiger charge is 2.30. The van der Waals surface area contributed by atoms with Gasteiger partial charge in [-0.3, -0.25) is 0 Å². The Bertz CT molecular complexity index is 590. The SMILES string of the molecule is Cc1ccc(-c2nnc(CBr)n2C2CC2)c(F)c1. The lowest BCUT2D eigenvalue weighted by Gasteiger charge is -2.08. The Balaban J connectivity index is 2.13. The number of aromatic nitrogens is 3. The molecule has 1 fully saturated rings. The van der Waals surface area contributed by atoms with Crippen molar-refractivity contribution in [2.45, 2.75) is 31.1 Å². The monoisotopic (exact) mass is 309 g/mol. The molecule has 5 heteroatoms. The van der Waals surface area contributed by atoms with Gasteiger partial charge in [0.15, 0.2) is 5.82 Å². The number of hydrogen-bond acceptors (Lipinski definition) is 2. The number of nitrogens with zero attached hydrogens (tertiary/aromatic N) is 3. The summed E-state index contributed by atoms with van der Waals surface area (Å²) in [5.74, 6) is 1.28. The van der Waals surface area contributed by atoms with Crippen molar-refractivity contribution < 1.29 is 4.39 Å². The zero-order valence-corrected chi connectivity index (χ0v) is 11.6. The molecule has 0 saturated heterocycles. The van der Waals surface area contributed by atoms with Crippen LogP contribution in [0, 0.1) is 12.7 Å². The molecule has 18 heavy (non-hydrogen) atoms. The van der Waals surface area contributed by atoms with E-state index in [1.807, 2.05) is 13.0 Å². The van der Waals surface area contributed by atoms with Crippen LogP contribution < -0.4 is 0 Å². The summed E-state index contributed by atoms with van der Waals surface area (Å²) in [5, 5.41) is 8.93. The van der Waals surface area contributed by atoms with E-state index in [1.54, 1.807) is 6.07 Å². The summed E-state index contributed by atoms with van der Waals surface area (Å²) in [4.78, 5) is 0. The van der Waals surface area contributed by atoms with Crippen molar-refractivity contribution >= 4 is 15.9 Å². The number of rotatable bonds is 3. The average molecular weight is 310 g/mol. The first-order chi connectivity index (χ1) is 8.70. The normalized spacial score (nSPS) is 15.1. The predicted molar refractivity (Wildman–Crippen MR) is 71.1 cm³/mol. The van der Waals surface area contributed by atoms with E-state index in [4.69, 9.17) is 0 Å².